The fraction of sp³-hybridized carbons (Fsp3) is 0.500. The fourth-order valence-electron chi connectivity index (χ4n) is 5.43. The predicted molar refractivity (Wildman–Crippen MR) is 150 cm³/mol. The van der Waals surface area contributed by atoms with Crippen molar-refractivity contribution in [2.75, 3.05) is 33.9 Å². The number of methoxy groups -OCH3 is 1. The summed E-state index contributed by atoms with van der Waals surface area (Å²) in [5.41, 5.74) is 3.44. The third-order valence-electron chi connectivity index (χ3n) is 7.60. The summed E-state index contributed by atoms with van der Waals surface area (Å²) in [7, 11) is 3.65. The lowest BCUT2D eigenvalue weighted by molar-refractivity contribution is -0.126. The Hall–Kier alpha value is -3.28. The molecule has 10 nitrogen and oxygen atoms in total. The number of carbonyl (C=O) groups is 3. The normalized spacial score (nSPS) is 21.4. The molecule has 1 aromatic carbocycles. The number of nitrogens with zero attached hydrogens (tertiary/aromatic N) is 2. The van der Waals surface area contributed by atoms with E-state index in [1.165, 1.54) is 11.3 Å². The Labute approximate surface area is 231 Å². The smallest absolute Gasteiger partial charge is 0.280 e. The van der Waals surface area contributed by atoms with Gasteiger partial charge in [-0.25, -0.2) is 4.98 Å². The van der Waals surface area contributed by atoms with Gasteiger partial charge in [-0.15, -0.1) is 11.3 Å². The van der Waals surface area contributed by atoms with Gasteiger partial charge >= 0.3 is 0 Å². The maximum Gasteiger partial charge on any atom is 0.280 e. The minimum Gasteiger partial charge on any atom is -0.383 e. The van der Waals surface area contributed by atoms with E-state index >= 15 is 0 Å². The predicted octanol–water partition coefficient (Wildman–Crippen LogP) is 2.38. The van der Waals surface area contributed by atoms with Crippen LogP contribution in [0.15, 0.2) is 24.3 Å². The quantitative estimate of drug-likeness (QED) is 0.318. The lowest BCUT2D eigenvalue weighted by Crippen LogP contribution is -2.56. The average molecular weight is 553 g/mol. The minimum absolute atomic E-state index is 0.0612. The molecule has 1 aliphatic heterocycles. The van der Waals surface area contributed by atoms with E-state index in [0.717, 1.165) is 46.5 Å². The van der Waals surface area contributed by atoms with Crippen LogP contribution in [0.3, 0.4) is 0 Å². The van der Waals surface area contributed by atoms with E-state index < -0.39 is 6.04 Å². The molecule has 2 aliphatic rings. The summed E-state index contributed by atoms with van der Waals surface area (Å²) in [6.45, 7) is 4.60. The number of aryl methyl sites for hydroxylation is 1. The molecule has 0 bridgehead atoms. The van der Waals surface area contributed by atoms with Crippen LogP contribution in [-0.2, 0) is 22.5 Å². The van der Waals surface area contributed by atoms with E-state index in [9.17, 15) is 14.4 Å². The van der Waals surface area contributed by atoms with Crippen LogP contribution in [0.4, 0.5) is 0 Å². The maximum absolute atomic E-state index is 13.3. The van der Waals surface area contributed by atoms with Crippen LogP contribution in [0.2, 0.25) is 0 Å². The third kappa shape index (κ3) is 6.32. The first-order chi connectivity index (χ1) is 18.8. The van der Waals surface area contributed by atoms with Gasteiger partial charge in [0.2, 0.25) is 5.91 Å². The number of fused-ring (bicyclic) bond motifs is 2. The molecule has 1 aliphatic carbocycles. The molecule has 1 saturated carbocycles. The van der Waals surface area contributed by atoms with Gasteiger partial charge in [0.15, 0.2) is 5.01 Å². The molecular formula is C28H36N6O4S. The van der Waals surface area contributed by atoms with E-state index in [0.29, 0.717) is 43.1 Å². The van der Waals surface area contributed by atoms with Crippen LogP contribution in [0, 0.1) is 12.8 Å². The van der Waals surface area contributed by atoms with Gasteiger partial charge in [-0.2, -0.15) is 0 Å². The molecular weight excluding hydrogens is 516 g/mol. The molecule has 3 aromatic rings. The van der Waals surface area contributed by atoms with E-state index in [1.54, 1.807) is 7.11 Å². The third-order valence-corrected chi connectivity index (χ3v) is 8.68. The van der Waals surface area contributed by atoms with Crippen molar-refractivity contribution >= 4 is 40.0 Å². The molecule has 2 aromatic heterocycles. The molecule has 39 heavy (non-hydrogen) atoms. The summed E-state index contributed by atoms with van der Waals surface area (Å²) in [6, 6.07) is 7.07. The molecule has 3 heterocycles. The number of carbonyl (C=O) groups excluding carboxylic acids is 3. The second-order valence-corrected chi connectivity index (χ2v) is 11.7. The Morgan fingerprint density at radius 1 is 1.15 bits per heavy atom. The van der Waals surface area contributed by atoms with E-state index in [2.05, 4.69) is 37.9 Å². The monoisotopic (exact) mass is 552 g/mol. The zero-order valence-corrected chi connectivity index (χ0v) is 23.5. The molecule has 0 unspecified atom stereocenters. The summed E-state index contributed by atoms with van der Waals surface area (Å²) >= 11 is 1.43. The molecule has 0 spiro atoms. The highest BCUT2D eigenvalue weighted by atomic mass is 32.1. The number of hydrogen-bond acceptors (Lipinski definition) is 7. The van der Waals surface area contributed by atoms with Crippen molar-refractivity contribution in [2.45, 2.75) is 51.2 Å². The zero-order chi connectivity index (χ0) is 27.5. The Bertz CT molecular complexity index is 1370. The lowest BCUT2D eigenvalue weighted by atomic mass is 9.81. The van der Waals surface area contributed by atoms with Crippen molar-refractivity contribution in [3.8, 4) is 0 Å². The number of H-pyrrole nitrogens is 1. The van der Waals surface area contributed by atoms with Crippen molar-refractivity contribution < 1.29 is 19.1 Å². The first-order valence-electron chi connectivity index (χ1n) is 13.5. The van der Waals surface area contributed by atoms with Crippen molar-refractivity contribution in [3.05, 3.63) is 51.1 Å². The summed E-state index contributed by atoms with van der Waals surface area (Å²) in [5, 5.41) is 10.6. The summed E-state index contributed by atoms with van der Waals surface area (Å²) < 4.78 is 5.04. The molecule has 5 rings (SSSR count). The second-order valence-electron chi connectivity index (χ2n) is 10.6. The van der Waals surface area contributed by atoms with Gasteiger partial charge in [0.1, 0.15) is 5.69 Å². The molecule has 3 amide bonds. The van der Waals surface area contributed by atoms with E-state index in [-0.39, 0.29) is 29.7 Å². The topological polar surface area (TPSA) is 128 Å². The number of likely N-dealkylation sites (N-methyl/N-ethyl adjacent to an activating group) is 1. The fourth-order valence-corrected chi connectivity index (χ4v) is 6.52. The average Bonchev–Trinajstić information content (AvgIpc) is 3.53. The molecule has 0 radical (unpaired) electrons. The Morgan fingerprint density at radius 2 is 1.97 bits per heavy atom. The molecule has 1 fully saturated rings. The number of benzene rings is 1. The molecule has 3 atom stereocenters. The molecule has 4 N–H and O–H groups in total. The second kappa shape index (κ2) is 11.8. The standard InChI is InChI=1S/C28H36N6O4S/c1-16-4-6-19-18(12-16)14-23(30-19)26(36)32-22-13-17(25(35)29-9-11-38-3)5-7-20(22)31-27(37)28-33-21-8-10-34(2)15-24(21)39-28/h4,6,12,14,17,20,22,30H,5,7-11,13,15H2,1-3H3,(H,29,35)(H,31,37)(H,32,36)/t17-,20+,22-/m0/s1. The lowest BCUT2D eigenvalue weighted by Gasteiger charge is -2.36. The van der Waals surface area contributed by atoms with Gasteiger partial charge in [0.05, 0.1) is 18.3 Å². The summed E-state index contributed by atoms with van der Waals surface area (Å²) in [6.07, 6.45) is 2.44. The number of rotatable bonds is 8. The maximum atomic E-state index is 13.3. The zero-order valence-electron chi connectivity index (χ0n) is 22.6. The van der Waals surface area contributed by atoms with Crippen LogP contribution in [0.1, 0.15) is 55.7 Å². The highest BCUT2D eigenvalue weighted by Gasteiger charge is 2.36. The number of amides is 3. The van der Waals surface area contributed by atoms with Gasteiger partial charge < -0.3 is 30.6 Å². The van der Waals surface area contributed by atoms with Crippen LogP contribution >= 0.6 is 11.3 Å². The first-order valence-corrected chi connectivity index (χ1v) is 14.3. The highest BCUT2D eigenvalue weighted by molar-refractivity contribution is 7.13. The van der Waals surface area contributed by atoms with Gasteiger partial charge in [0, 0.05) is 60.9 Å². The highest BCUT2D eigenvalue weighted by Crippen LogP contribution is 2.28. The number of nitrogens with one attached hydrogen (secondary N) is 4. The van der Waals surface area contributed by atoms with Gasteiger partial charge in [0.25, 0.3) is 11.8 Å². The molecule has 0 saturated heterocycles. The van der Waals surface area contributed by atoms with Gasteiger partial charge in [-0.1, -0.05) is 11.6 Å². The number of thiazole rings is 1. The Kier molecular flexibility index (Phi) is 8.29. The van der Waals surface area contributed by atoms with Crippen molar-refractivity contribution in [1.82, 2.24) is 30.8 Å². The van der Waals surface area contributed by atoms with Crippen molar-refractivity contribution in [3.63, 3.8) is 0 Å². The molecule has 208 valence electrons. The Morgan fingerprint density at radius 3 is 2.79 bits per heavy atom. The molecule has 11 heteroatoms. The Balaban J connectivity index is 1.31. The number of ether oxygens (including phenoxy) is 1. The number of hydrogen-bond donors (Lipinski definition) is 4. The SMILES string of the molecule is COCCNC(=O)[C@H]1CC[C@@H](NC(=O)c2nc3c(s2)CN(C)CC3)[C@@H](NC(=O)c2cc3cc(C)ccc3[nH]2)C1. The van der Waals surface area contributed by atoms with E-state index in [1.807, 2.05) is 31.2 Å². The van der Waals surface area contributed by atoms with Crippen LogP contribution in [-0.4, -0.2) is 78.5 Å². The minimum atomic E-state index is -0.415. The number of aromatic nitrogens is 2. The summed E-state index contributed by atoms with van der Waals surface area (Å²) in [4.78, 5) is 50.6. The largest absolute Gasteiger partial charge is 0.383 e. The summed E-state index contributed by atoms with van der Waals surface area (Å²) in [5.74, 6) is -0.825. The number of aromatic amines is 1. The van der Waals surface area contributed by atoms with Crippen molar-refractivity contribution in [1.29, 1.82) is 0 Å². The van der Waals surface area contributed by atoms with E-state index in [4.69, 9.17) is 4.74 Å². The van der Waals surface area contributed by atoms with Crippen molar-refractivity contribution in [2.24, 2.45) is 5.92 Å². The van der Waals surface area contributed by atoms with Crippen LogP contribution in [0.25, 0.3) is 10.9 Å². The van der Waals surface area contributed by atoms with Crippen LogP contribution in [0.5, 0.6) is 0 Å². The van der Waals surface area contributed by atoms with Gasteiger partial charge in [-0.05, 0) is 51.4 Å². The first kappa shape index (κ1) is 27.3. The van der Waals surface area contributed by atoms with Gasteiger partial charge in [-0.3, -0.25) is 14.4 Å². The van der Waals surface area contributed by atoms with Crippen LogP contribution < -0.4 is 16.0 Å².